The van der Waals surface area contributed by atoms with Crippen LogP contribution >= 0.6 is 24.2 Å². The minimum atomic E-state index is -0.278. The summed E-state index contributed by atoms with van der Waals surface area (Å²) in [5.41, 5.74) is 2.50. The van der Waals surface area contributed by atoms with Crippen LogP contribution in [-0.4, -0.2) is 11.2 Å². The van der Waals surface area contributed by atoms with Crippen LogP contribution < -0.4 is 9.61 Å². The summed E-state index contributed by atoms with van der Waals surface area (Å²) >= 11 is 5.45. The minimum absolute atomic E-state index is 0.181. The van der Waals surface area contributed by atoms with Crippen molar-refractivity contribution in [1.82, 2.24) is 4.72 Å². The second-order valence-corrected chi connectivity index (χ2v) is 7.91. The highest BCUT2D eigenvalue weighted by Gasteiger charge is 2.32. The van der Waals surface area contributed by atoms with Crippen molar-refractivity contribution in [2.45, 2.75) is 33.1 Å². The number of nitrogens with one attached hydrogen (secondary N) is 1. The number of thiophene rings is 1. The Bertz CT molecular complexity index is 752. The highest BCUT2D eigenvalue weighted by Crippen LogP contribution is 2.49. The molecule has 1 heterocycles. The van der Waals surface area contributed by atoms with Gasteiger partial charge in [0.2, 0.25) is 0 Å². The summed E-state index contributed by atoms with van der Waals surface area (Å²) in [4.78, 5) is 18.8. The van der Waals surface area contributed by atoms with Crippen LogP contribution in [0.3, 0.4) is 0 Å². The van der Waals surface area contributed by atoms with Crippen molar-refractivity contribution in [2.24, 2.45) is 5.41 Å². The summed E-state index contributed by atoms with van der Waals surface area (Å²) < 4.78 is 2.36. The first-order valence-corrected chi connectivity index (χ1v) is 8.73. The van der Waals surface area contributed by atoms with E-state index in [1.54, 1.807) is 23.5 Å². The van der Waals surface area contributed by atoms with Crippen LogP contribution in [0.25, 0.3) is 10.4 Å². The van der Waals surface area contributed by atoms with Crippen molar-refractivity contribution in [2.75, 3.05) is 0 Å². The molecule has 1 aromatic carbocycles. The molecule has 0 saturated heterocycles. The third kappa shape index (κ3) is 2.98. The molecule has 1 aromatic heterocycles. The van der Waals surface area contributed by atoms with Gasteiger partial charge in [0.1, 0.15) is 0 Å². The fourth-order valence-corrected chi connectivity index (χ4v) is 4.51. The molecule has 0 aliphatic heterocycles. The van der Waals surface area contributed by atoms with Gasteiger partial charge in [0, 0.05) is 21.6 Å². The molecule has 2 aromatic rings. The quantitative estimate of drug-likeness (QED) is 0.438. The molecule has 6 heteroatoms. The molecule has 0 atom stereocenters. The standard InChI is InChI=1S/C17H19NO3S2/c1-17(2)8-7-13-12(9-17)14(21-20)15(23-13)10-5-3-4-6-11(10)16(19)18-22/h3-6,20,22H,7-9H2,1-2H3,(H,18,19). The van der Waals surface area contributed by atoms with E-state index in [-0.39, 0.29) is 11.3 Å². The molecule has 122 valence electrons. The van der Waals surface area contributed by atoms with Gasteiger partial charge in [-0.1, -0.05) is 44.9 Å². The van der Waals surface area contributed by atoms with Gasteiger partial charge in [-0.2, -0.15) is 0 Å². The van der Waals surface area contributed by atoms with Crippen molar-refractivity contribution in [3.8, 4) is 16.2 Å². The van der Waals surface area contributed by atoms with E-state index in [1.165, 1.54) is 4.88 Å². The number of thiol groups is 1. The molecule has 2 N–H and O–H groups in total. The average molecular weight is 349 g/mol. The van der Waals surface area contributed by atoms with E-state index in [9.17, 15) is 10.1 Å². The molecular weight excluding hydrogens is 330 g/mol. The topological polar surface area (TPSA) is 58.6 Å². The van der Waals surface area contributed by atoms with Crippen molar-refractivity contribution >= 4 is 30.1 Å². The molecule has 0 bridgehead atoms. The summed E-state index contributed by atoms with van der Waals surface area (Å²) in [6, 6.07) is 7.28. The van der Waals surface area contributed by atoms with E-state index in [0.717, 1.165) is 35.3 Å². The summed E-state index contributed by atoms with van der Waals surface area (Å²) in [6.45, 7) is 4.44. The zero-order chi connectivity index (χ0) is 16.6. The average Bonchev–Trinajstić information content (AvgIpc) is 2.90. The zero-order valence-corrected chi connectivity index (χ0v) is 14.8. The SMILES string of the molecule is CC1(C)CCc2sc(-c3ccccc3C(=O)NS)c(OO)c2C1. The van der Waals surface area contributed by atoms with Gasteiger partial charge in [-0.25, -0.2) is 5.26 Å². The van der Waals surface area contributed by atoms with Crippen LogP contribution in [0.15, 0.2) is 24.3 Å². The molecule has 3 rings (SSSR count). The predicted octanol–water partition coefficient (Wildman–Crippen LogP) is 4.36. The van der Waals surface area contributed by atoms with Gasteiger partial charge in [0.05, 0.1) is 4.88 Å². The van der Waals surface area contributed by atoms with E-state index in [1.807, 2.05) is 12.1 Å². The Morgan fingerprint density at radius 2 is 2.13 bits per heavy atom. The first-order valence-electron chi connectivity index (χ1n) is 7.46. The molecule has 0 fully saturated rings. The van der Waals surface area contributed by atoms with E-state index >= 15 is 0 Å². The van der Waals surface area contributed by atoms with Gasteiger partial charge < -0.3 is 4.89 Å². The molecule has 1 amide bonds. The number of carbonyl (C=O) groups is 1. The first-order chi connectivity index (χ1) is 11.0. The van der Waals surface area contributed by atoms with Crippen LogP contribution in [0, 0.1) is 5.41 Å². The number of fused-ring (bicyclic) bond motifs is 1. The van der Waals surface area contributed by atoms with Crippen molar-refractivity contribution in [3.05, 3.63) is 40.3 Å². The van der Waals surface area contributed by atoms with Gasteiger partial charge in [-0.05, 0) is 30.7 Å². The molecule has 0 radical (unpaired) electrons. The van der Waals surface area contributed by atoms with E-state index in [2.05, 4.69) is 31.4 Å². The molecule has 1 aliphatic carbocycles. The summed E-state index contributed by atoms with van der Waals surface area (Å²) in [5, 5.41) is 9.47. The largest absolute Gasteiger partial charge is 0.338 e. The second-order valence-electron chi connectivity index (χ2n) is 6.58. The summed E-state index contributed by atoms with van der Waals surface area (Å²) in [7, 11) is 0. The smallest absolute Gasteiger partial charge is 0.261 e. The molecule has 4 nitrogen and oxygen atoms in total. The summed E-state index contributed by atoms with van der Waals surface area (Å²) in [6.07, 6.45) is 2.92. The Morgan fingerprint density at radius 3 is 2.83 bits per heavy atom. The van der Waals surface area contributed by atoms with Crippen LogP contribution in [0.5, 0.6) is 5.75 Å². The molecule has 23 heavy (non-hydrogen) atoms. The Balaban J connectivity index is 2.16. The number of carbonyl (C=O) groups excluding carboxylic acids is 1. The number of aryl methyl sites for hydroxylation is 1. The maximum atomic E-state index is 12.1. The van der Waals surface area contributed by atoms with E-state index < -0.39 is 0 Å². The van der Waals surface area contributed by atoms with Crippen molar-refractivity contribution in [1.29, 1.82) is 0 Å². The number of hydrogen-bond donors (Lipinski definition) is 3. The van der Waals surface area contributed by atoms with Crippen molar-refractivity contribution < 1.29 is 14.9 Å². The van der Waals surface area contributed by atoms with Gasteiger partial charge in [-0.3, -0.25) is 9.52 Å². The molecule has 0 unspecified atom stereocenters. The Morgan fingerprint density at radius 1 is 1.39 bits per heavy atom. The number of hydrogen-bond acceptors (Lipinski definition) is 5. The fraction of sp³-hybridized carbons (Fsp3) is 0.353. The van der Waals surface area contributed by atoms with Gasteiger partial charge in [0.15, 0.2) is 5.75 Å². The monoisotopic (exact) mass is 349 g/mol. The molecular formula is C17H19NO3S2. The van der Waals surface area contributed by atoms with E-state index in [0.29, 0.717) is 11.3 Å². The van der Waals surface area contributed by atoms with Gasteiger partial charge in [0.25, 0.3) is 5.91 Å². The highest BCUT2D eigenvalue weighted by molar-refractivity contribution is 7.78. The molecule has 1 aliphatic rings. The van der Waals surface area contributed by atoms with Crippen LogP contribution in [0.4, 0.5) is 0 Å². The van der Waals surface area contributed by atoms with Gasteiger partial charge >= 0.3 is 0 Å². The fourth-order valence-electron chi connectivity index (χ4n) is 3.11. The lowest BCUT2D eigenvalue weighted by Crippen LogP contribution is -2.21. The number of amides is 1. The molecule has 0 spiro atoms. The van der Waals surface area contributed by atoms with Crippen LogP contribution in [0.2, 0.25) is 0 Å². The maximum absolute atomic E-state index is 12.1. The highest BCUT2D eigenvalue weighted by atomic mass is 32.1. The Hall–Kier alpha value is -1.50. The summed E-state index contributed by atoms with van der Waals surface area (Å²) in [5.74, 6) is 0.205. The number of benzene rings is 1. The lowest BCUT2D eigenvalue weighted by molar-refractivity contribution is -0.137. The molecule has 0 saturated carbocycles. The maximum Gasteiger partial charge on any atom is 0.261 e. The normalized spacial score (nSPS) is 15.8. The van der Waals surface area contributed by atoms with Crippen LogP contribution in [-0.2, 0) is 12.8 Å². The predicted molar refractivity (Wildman–Crippen MR) is 95.3 cm³/mol. The van der Waals surface area contributed by atoms with Crippen molar-refractivity contribution in [3.63, 3.8) is 0 Å². The minimum Gasteiger partial charge on any atom is -0.338 e. The Labute approximate surface area is 145 Å². The second kappa shape index (κ2) is 6.19. The lowest BCUT2D eigenvalue weighted by Gasteiger charge is -2.29. The first kappa shape index (κ1) is 16.4. The number of rotatable bonds is 3. The zero-order valence-electron chi connectivity index (χ0n) is 13.0. The van der Waals surface area contributed by atoms with E-state index in [4.69, 9.17) is 4.89 Å². The Kier molecular flexibility index (Phi) is 4.40. The third-order valence-electron chi connectivity index (χ3n) is 4.34. The third-order valence-corrected chi connectivity index (χ3v) is 5.84. The van der Waals surface area contributed by atoms with Gasteiger partial charge in [-0.15, -0.1) is 11.3 Å². The lowest BCUT2D eigenvalue weighted by atomic mass is 9.77. The van der Waals surface area contributed by atoms with Crippen LogP contribution in [0.1, 0.15) is 41.1 Å².